The number of ether oxygens (including phenoxy) is 1. The van der Waals surface area contributed by atoms with Crippen molar-refractivity contribution in [2.75, 3.05) is 6.61 Å². The summed E-state index contributed by atoms with van der Waals surface area (Å²) in [6, 6.07) is 4.93. The number of carboxylic acids is 1. The second-order valence-corrected chi connectivity index (χ2v) is 5.11. The van der Waals surface area contributed by atoms with E-state index in [9.17, 15) is 9.59 Å². The molecule has 0 heterocycles. The predicted molar refractivity (Wildman–Crippen MR) is 76.0 cm³/mol. The quantitative estimate of drug-likeness (QED) is 0.836. The van der Waals surface area contributed by atoms with Crippen molar-refractivity contribution >= 4 is 11.9 Å². The van der Waals surface area contributed by atoms with E-state index in [1.54, 1.807) is 0 Å². The molecule has 0 aromatic heterocycles. The summed E-state index contributed by atoms with van der Waals surface area (Å²) < 4.78 is 5.52. The van der Waals surface area contributed by atoms with Crippen LogP contribution in [0, 0.1) is 6.92 Å². The zero-order chi connectivity index (χ0) is 15.3. The van der Waals surface area contributed by atoms with Gasteiger partial charge in [-0.1, -0.05) is 26.0 Å². The van der Waals surface area contributed by atoms with E-state index in [1.165, 1.54) is 6.92 Å². The average molecular weight is 279 g/mol. The molecule has 1 aromatic carbocycles. The third kappa shape index (κ3) is 4.57. The third-order valence-electron chi connectivity index (χ3n) is 2.90. The van der Waals surface area contributed by atoms with Crippen molar-refractivity contribution < 1.29 is 19.4 Å². The van der Waals surface area contributed by atoms with Gasteiger partial charge in [-0.25, -0.2) is 0 Å². The topological polar surface area (TPSA) is 75.6 Å². The first-order valence-electron chi connectivity index (χ1n) is 6.56. The van der Waals surface area contributed by atoms with Crippen molar-refractivity contribution in [3.63, 3.8) is 0 Å². The summed E-state index contributed by atoms with van der Waals surface area (Å²) in [6.45, 7) is 7.25. The Labute approximate surface area is 118 Å². The van der Waals surface area contributed by atoms with Gasteiger partial charge in [-0.3, -0.25) is 9.59 Å². The van der Waals surface area contributed by atoms with Crippen LogP contribution in [0.15, 0.2) is 18.2 Å². The number of amides is 1. The second kappa shape index (κ2) is 6.93. The molecule has 20 heavy (non-hydrogen) atoms. The van der Waals surface area contributed by atoms with E-state index in [2.05, 4.69) is 5.32 Å². The molecule has 0 saturated heterocycles. The molecule has 1 amide bonds. The number of benzene rings is 1. The molecule has 2 N–H and O–H groups in total. The van der Waals surface area contributed by atoms with Crippen LogP contribution in [-0.4, -0.2) is 29.6 Å². The van der Waals surface area contributed by atoms with Gasteiger partial charge >= 0.3 is 5.97 Å². The zero-order valence-corrected chi connectivity index (χ0v) is 12.3. The summed E-state index contributed by atoms with van der Waals surface area (Å²) in [5.41, 5.74) is 2.07. The van der Waals surface area contributed by atoms with Gasteiger partial charge in [0.15, 0.2) is 6.61 Å². The van der Waals surface area contributed by atoms with Crippen LogP contribution in [0.25, 0.3) is 0 Å². The number of aryl methyl sites for hydroxylation is 1. The Morgan fingerprint density at radius 2 is 1.95 bits per heavy atom. The van der Waals surface area contributed by atoms with Gasteiger partial charge < -0.3 is 15.2 Å². The summed E-state index contributed by atoms with van der Waals surface area (Å²) >= 11 is 0. The number of rotatable bonds is 6. The summed E-state index contributed by atoms with van der Waals surface area (Å²) in [5, 5.41) is 11.1. The number of carbonyl (C=O) groups excluding carboxylic acids is 1. The van der Waals surface area contributed by atoms with Crippen LogP contribution in [0.3, 0.4) is 0 Å². The predicted octanol–water partition coefficient (Wildman–Crippen LogP) is 2.09. The smallest absolute Gasteiger partial charge is 0.325 e. The lowest BCUT2D eigenvalue weighted by Crippen LogP contribution is -2.40. The maximum absolute atomic E-state index is 11.6. The molecule has 0 saturated carbocycles. The first-order valence-corrected chi connectivity index (χ1v) is 6.56. The minimum atomic E-state index is -1.07. The van der Waals surface area contributed by atoms with E-state index < -0.39 is 17.9 Å². The molecule has 110 valence electrons. The maximum atomic E-state index is 11.6. The van der Waals surface area contributed by atoms with E-state index in [1.807, 2.05) is 39.0 Å². The monoisotopic (exact) mass is 279 g/mol. The number of hydrogen-bond acceptors (Lipinski definition) is 3. The normalized spacial score (nSPS) is 12.1. The fourth-order valence-electron chi connectivity index (χ4n) is 1.73. The summed E-state index contributed by atoms with van der Waals surface area (Å²) in [7, 11) is 0. The molecule has 0 fully saturated rings. The SMILES string of the molecule is Cc1ccc(C(C)C)c(OCC(=O)N[C@H](C)C(=O)O)c1. The van der Waals surface area contributed by atoms with Crippen molar-refractivity contribution in [2.24, 2.45) is 0 Å². The van der Waals surface area contributed by atoms with Crippen molar-refractivity contribution in [1.29, 1.82) is 0 Å². The molecule has 0 aliphatic rings. The zero-order valence-electron chi connectivity index (χ0n) is 12.3. The molecule has 0 aliphatic carbocycles. The van der Waals surface area contributed by atoms with Crippen LogP contribution in [0.5, 0.6) is 5.75 Å². The van der Waals surface area contributed by atoms with Crippen LogP contribution < -0.4 is 10.1 Å². The Morgan fingerprint density at radius 1 is 1.30 bits per heavy atom. The minimum absolute atomic E-state index is 0.194. The van der Waals surface area contributed by atoms with Gasteiger partial charge in [0.2, 0.25) is 0 Å². The van der Waals surface area contributed by atoms with Crippen molar-refractivity contribution in [3.05, 3.63) is 29.3 Å². The molecule has 0 spiro atoms. The van der Waals surface area contributed by atoms with E-state index in [-0.39, 0.29) is 12.5 Å². The van der Waals surface area contributed by atoms with E-state index >= 15 is 0 Å². The van der Waals surface area contributed by atoms with Crippen LogP contribution >= 0.6 is 0 Å². The van der Waals surface area contributed by atoms with E-state index in [0.29, 0.717) is 5.75 Å². The van der Waals surface area contributed by atoms with Crippen LogP contribution in [0.1, 0.15) is 37.8 Å². The highest BCUT2D eigenvalue weighted by molar-refractivity contribution is 5.84. The number of aliphatic carboxylic acids is 1. The van der Waals surface area contributed by atoms with E-state index in [4.69, 9.17) is 9.84 Å². The lowest BCUT2D eigenvalue weighted by Gasteiger charge is -2.15. The molecule has 0 radical (unpaired) electrons. The molecule has 5 nitrogen and oxygen atoms in total. The van der Waals surface area contributed by atoms with Gasteiger partial charge in [-0.05, 0) is 37.0 Å². The summed E-state index contributed by atoms with van der Waals surface area (Å²) in [4.78, 5) is 22.2. The van der Waals surface area contributed by atoms with Gasteiger partial charge in [0.1, 0.15) is 11.8 Å². The molecular formula is C15H21NO4. The molecule has 1 aromatic rings. The van der Waals surface area contributed by atoms with Crippen LogP contribution in [0.2, 0.25) is 0 Å². The Bertz CT molecular complexity index is 497. The fourth-order valence-corrected chi connectivity index (χ4v) is 1.73. The third-order valence-corrected chi connectivity index (χ3v) is 2.90. The fraction of sp³-hybridized carbons (Fsp3) is 0.467. The van der Waals surface area contributed by atoms with Gasteiger partial charge in [0.25, 0.3) is 5.91 Å². The standard InChI is InChI=1S/C15H21NO4/c1-9(2)12-6-5-10(3)7-13(12)20-8-14(17)16-11(4)15(18)19/h5-7,9,11H,8H2,1-4H3,(H,16,17)(H,18,19)/t11-/m1/s1. The highest BCUT2D eigenvalue weighted by Gasteiger charge is 2.15. The van der Waals surface area contributed by atoms with Gasteiger partial charge in [0.05, 0.1) is 0 Å². The number of carbonyl (C=O) groups is 2. The molecule has 0 bridgehead atoms. The van der Waals surface area contributed by atoms with Crippen LogP contribution in [-0.2, 0) is 9.59 Å². The Balaban J connectivity index is 2.67. The van der Waals surface area contributed by atoms with Crippen LogP contribution in [0.4, 0.5) is 0 Å². The summed E-state index contributed by atoms with van der Waals surface area (Å²) in [6.07, 6.45) is 0. The molecule has 0 unspecified atom stereocenters. The molecule has 1 atom stereocenters. The maximum Gasteiger partial charge on any atom is 0.325 e. The van der Waals surface area contributed by atoms with Crippen molar-refractivity contribution in [1.82, 2.24) is 5.32 Å². The number of nitrogens with one attached hydrogen (secondary N) is 1. The average Bonchev–Trinajstić information content (AvgIpc) is 2.35. The highest BCUT2D eigenvalue weighted by Crippen LogP contribution is 2.27. The first kappa shape index (κ1) is 16.0. The van der Waals surface area contributed by atoms with Gasteiger partial charge in [-0.15, -0.1) is 0 Å². The first-order chi connectivity index (χ1) is 9.31. The lowest BCUT2D eigenvalue weighted by molar-refractivity contribution is -0.141. The molecular weight excluding hydrogens is 258 g/mol. The Kier molecular flexibility index (Phi) is 5.55. The van der Waals surface area contributed by atoms with Crippen molar-refractivity contribution in [2.45, 2.75) is 39.7 Å². The second-order valence-electron chi connectivity index (χ2n) is 5.11. The number of hydrogen-bond donors (Lipinski definition) is 2. The summed E-state index contributed by atoms with van der Waals surface area (Å²) in [5.74, 6) is -0.572. The Hall–Kier alpha value is -2.04. The minimum Gasteiger partial charge on any atom is -0.483 e. The molecule has 5 heteroatoms. The molecule has 0 aliphatic heterocycles. The molecule has 1 rings (SSSR count). The lowest BCUT2D eigenvalue weighted by atomic mass is 10.0. The van der Waals surface area contributed by atoms with E-state index in [0.717, 1.165) is 11.1 Å². The van der Waals surface area contributed by atoms with Gasteiger partial charge in [0, 0.05) is 0 Å². The Morgan fingerprint density at radius 3 is 2.50 bits per heavy atom. The van der Waals surface area contributed by atoms with Crippen molar-refractivity contribution in [3.8, 4) is 5.75 Å². The largest absolute Gasteiger partial charge is 0.483 e. The highest BCUT2D eigenvalue weighted by atomic mass is 16.5. The number of carboxylic acid groups (broad SMARTS) is 1. The van der Waals surface area contributed by atoms with Gasteiger partial charge in [-0.2, -0.15) is 0 Å².